The molecular formula is C16H22OS. The molecule has 1 aromatic carbocycles. The van der Waals surface area contributed by atoms with Gasteiger partial charge in [-0.05, 0) is 57.7 Å². The van der Waals surface area contributed by atoms with Crippen molar-refractivity contribution >= 4 is 10.8 Å². The van der Waals surface area contributed by atoms with Crippen molar-refractivity contribution < 1.29 is 4.21 Å². The molecule has 18 heavy (non-hydrogen) atoms. The minimum absolute atomic E-state index is 0.189. The Balaban J connectivity index is 2.48. The molecule has 1 nitrogen and oxygen atoms in total. The SMILES string of the molecule is CC1=C(C)CS(=O)[C@H](c2c(C)cc(C)cc2C)C1. The van der Waals surface area contributed by atoms with Crippen LogP contribution in [0.15, 0.2) is 23.3 Å². The molecule has 2 atom stereocenters. The van der Waals surface area contributed by atoms with Crippen molar-refractivity contribution in [1.29, 1.82) is 0 Å². The van der Waals surface area contributed by atoms with Crippen LogP contribution in [-0.4, -0.2) is 9.96 Å². The van der Waals surface area contributed by atoms with Crippen LogP contribution in [0.5, 0.6) is 0 Å². The fourth-order valence-electron chi connectivity index (χ4n) is 2.92. The fraction of sp³-hybridized carbons (Fsp3) is 0.500. The van der Waals surface area contributed by atoms with Gasteiger partial charge >= 0.3 is 0 Å². The third-order valence-corrected chi connectivity index (χ3v) is 5.71. The first-order valence-electron chi connectivity index (χ1n) is 6.50. The maximum Gasteiger partial charge on any atom is 0.0642 e. The predicted octanol–water partition coefficient (Wildman–Crippen LogP) is 4.14. The van der Waals surface area contributed by atoms with Crippen molar-refractivity contribution in [3.8, 4) is 0 Å². The molecule has 0 saturated carbocycles. The molecule has 1 heterocycles. The molecule has 0 spiro atoms. The van der Waals surface area contributed by atoms with E-state index in [4.69, 9.17) is 0 Å². The molecule has 0 amide bonds. The number of allylic oxidation sites excluding steroid dienone is 1. The summed E-state index contributed by atoms with van der Waals surface area (Å²) in [4.78, 5) is 0. The monoisotopic (exact) mass is 262 g/mol. The summed E-state index contributed by atoms with van der Waals surface area (Å²) in [5.74, 6) is 0.739. The summed E-state index contributed by atoms with van der Waals surface area (Å²) in [6.45, 7) is 10.7. The summed E-state index contributed by atoms with van der Waals surface area (Å²) >= 11 is 0. The average molecular weight is 262 g/mol. The topological polar surface area (TPSA) is 17.1 Å². The Morgan fingerprint density at radius 2 is 1.56 bits per heavy atom. The number of aryl methyl sites for hydroxylation is 3. The van der Waals surface area contributed by atoms with Gasteiger partial charge in [-0.2, -0.15) is 0 Å². The van der Waals surface area contributed by atoms with Crippen LogP contribution < -0.4 is 0 Å². The van der Waals surface area contributed by atoms with Crippen molar-refractivity contribution in [3.63, 3.8) is 0 Å². The van der Waals surface area contributed by atoms with Crippen LogP contribution in [-0.2, 0) is 10.8 Å². The molecule has 1 unspecified atom stereocenters. The van der Waals surface area contributed by atoms with Gasteiger partial charge in [0.15, 0.2) is 0 Å². The van der Waals surface area contributed by atoms with E-state index in [1.807, 2.05) is 0 Å². The highest BCUT2D eigenvalue weighted by molar-refractivity contribution is 7.85. The minimum atomic E-state index is -0.765. The van der Waals surface area contributed by atoms with Gasteiger partial charge in [0, 0.05) is 16.6 Å². The predicted molar refractivity (Wildman–Crippen MR) is 79.4 cm³/mol. The quantitative estimate of drug-likeness (QED) is 0.695. The van der Waals surface area contributed by atoms with Crippen molar-refractivity contribution in [2.45, 2.75) is 46.3 Å². The van der Waals surface area contributed by atoms with Crippen LogP contribution in [0.3, 0.4) is 0 Å². The van der Waals surface area contributed by atoms with E-state index in [-0.39, 0.29) is 5.25 Å². The standard InChI is InChI=1S/C16H22OS/c1-10-6-12(3)16(13(4)7-10)15-8-11(2)14(5)9-18(15)17/h6-7,15H,8-9H2,1-5H3/t15-,18?/m0/s1. The molecule has 2 rings (SSSR count). The number of hydrogen-bond donors (Lipinski definition) is 0. The summed E-state index contributed by atoms with van der Waals surface area (Å²) in [6.07, 6.45) is 0.948. The Morgan fingerprint density at radius 3 is 2.11 bits per heavy atom. The van der Waals surface area contributed by atoms with Gasteiger partial charge in [0.1, 0.15) is 0 Å². The van der Waals surface area contributed by atoms with Gasteiger partial charge in [-0.15, -0.1) is 0 Å². The molecule has 0 aromatic heterocycles. The smallest absolute Gasteiger partial charge is 0.0642 e. The highest BCUT2D eigenvalue weighted by atomic mass is 32.2. The molecule has 1 aromatic rings. The third-order valence-electron chi connectivity index (χ3n) is 3.96. The van der Waals surface area contributed by atoms with Crippen LogP contribution in [0.4, 0.5) is 0 Å². The van der Waals surface area contributed by atoms with Crippen molar-refractivity contribution in [2.24, 2.45) is 0 Å². The van der Waals surface area contributed by atoms with Crippen LogP contribution in [0.25, 0.3) is 0 Å². The minimum Gasteiger partial charge on any atom is -0.259 e. The lowest BCUT2D eigenvalue weighted by Crippen LogP contribution is -2.19. The van der Waals surface area contributed by atoms with Crippen LogP contribution in [0, 0.1) is 20.8 Å². The molecule has 0 N–H and O–H groups in total. The second kappa shape index (κ2) is 5.00. The average Bonchev–Trinajstić information content (AvgIpc) is 2.24. The molecule has 1 aliphatic rings. The maximum atomic E-state index is 12.4. The van der Waals surface area contributed by atoms with E-state index >= 15 is 0 Å². The van der Waals surface area contributed by atoms with Gasteiger partial charge in [0.05, 0.1) is 5.25 Å². The Kier molecular flexibility index (Phi) is 3.76. The number of hydrogen-bond acceptors (Lipinski definition) is 1. The van der Waals surface area contributed by atoms with Gasteiger partial charge in [-0.25, -0.2) is 0 Å². The van der Waals surface area contributed by atoms with Crippen LogP contribution >= 0.6 is 0 Å². The normalized spacial score (nSPS) is 24.5. The van der Waals surface area contributed by atoms with Crippen molar-refractivity contribution in [2.75, 3.05) is 5.75 Å². The van der Waals surface area contributed by atoms with Crippen LogP contribution in [0.2, 0.25) is 0 Å². The van der Waals surface area contributed by atoms with E-state index in [1.165, 1.54) is 33.4 Å². The first-order valence-corrected chi connectivity index (χ1v) is 7.88. The highest BCUT2D eigenvalue weighted by Crippen LogP contribution is 2.37. The van der Waals surface area contributed by atoms with E-state index in [1.54, 1.807) is 0 Å². The zero-order valence-electron chi connectivity index (χ0n) is 12.0. The molecule has 0 bridgehead atoms. The van der Waals surface area contributed by atoms with Gasteiger partial charge in [0.25, 0.3) is 0 Å². The Morgan fingerprint density at radius 1 is 1.00 bits per heavy atom. The number of benzene rings is 1. The summed E-state index contributed by atoms with van der Waals surface area (Å²) in [5.41, 5.74) is 7.91. The zero-order chi connectivity index (χ0) is 13.4. The molecule has 0 aliphatic carbocycles. The van der Waals surface area contributed by atoms with Crippen molar-refractivity contribution in [1.82, 2.24) is 0 Å². The number of rotatable bonds is 1. The largest absolute Gasteiger partial charge is 0.259 e. The Labute approximate surface area is 113 Å². The van der Waals surface area contributed by atoms with Crippen LogP contribution in [0.1, 0.15) is 47.8 Å². The second-order valence-corrected chi connectivity index (χ2v) is 7.21. The fourth-order valence-corrected chi connectivity index (χ4v) is 4.86. The van der Waals surface area contributed by atoms with Gasteiger partial charge in [-0.1, -0.05) is 28.8 Å². The molecule has 0 radical (unpaired) electrons. The lowest BCUT2D eigenvalue weighted by Gasteiger charge is -2.27. The van der Waals surface area contributed by atoms with Gasteiger partial charge in [-0.3, -0.25) is 4.21 Å². The molecule has 0 fully saturated rings. The maximum absolute atomic E-state index is 12.4. The van der Waals surface area contributed by atoms with E-state index < -0.39 is 10.8 Å². The molecule has 2 heteroatoms. The molecular weight excluding hydrogens is 240 g/mol. The van der Waals surface area contributed by atoms with E-state index in [9.17, 15) is 4.21 Å². The summed E-state index contributed by atoms with van der Waals surface area (Å²) in [7, 11) is -0.765. The first-order chi connectivity index (χ1) is 8.40. The third kappa shape index (κ3) is 2.44. The lowest BCUT2D eigenvalue weighted by molar-refractivity contribution is 0.666. The Bertz CT molecular complexity index is 517. The summed E-state index contributed by atoms with van der Waals surface area (Å²) in [6, 6.07) is 4.42. The Hall–Kier alpha value is -0.890. The van der Waals surface area contributed by atoms with E-state index in [0.717, 1.165) is 12.2 Å². The van der Waals surface area contributed by atoms with Gasteiger partial charge < -0.3 is 0 Å². The molecule has 1 aliphatic heterocycles. The lowest BCUT2D eigenvalue weighted by atomic mass is 9.93. The van der Waals surface area contributed by atoms with E-state index in [2.05, 4.69) is 46.8 Å². The van der Waals surface area contributed by atoms with E-state index in [0.29, 0.717) is 0 Å². The molecule has 0 saturated heterocycles. The second-order valence-electron chi connectivity index (χ2n) is 5.59. The van der Waals surface area contributed by atoms with Gasteiger partial charge in [0.2, 0.25) is 0 Å². The van der Waals surface area contributed by atoms with Crippen molar-refractivity contribution in [3.05, 3.63) is 45.5 Å². The zero-order valence-corrected chi connectivity index (χ0v) is 12.8. The summed E-state index contributed by atoms with van der Waals surface area (Å²) < 4.78 is 12.4. The highest BCUT2D eigenvalue weighted by Gasteiger charge is 2.27. The summed E-state index contributed by atoms with van der Waals surface area (Å²) in [5, 5.41) is 0.189. The molecule has 98 valence electrons. The first kappa shape index (κ1) is 13.5.